The lowest BCUT2D eigenvalue weighted by Gasteiger charge is -2.05. The molecule has 0 aliphatic heterocycles. The number of hydrogen-bond donors (Lipinski definition) is 1. The van der Waals surface area contributed by atoms with Gasteiger partial charge in [0.1, 0.15) is 0 Å². The van der Waals surface area contributed by atoms with Crippen molar-refractivity contribution in [2.24, 2.45) is 7.05 Å². The van der Waals surface area contributed by atoms with E-state index in [1.54, 1.807) is 43.0 Å². The van der Waals surface area contributed by atoms with Gasteiger partial charge in [-0.25, -0.2) is 9.67 Å². The molecule has 0 aliphatic carbocycles. The minimum Gasteiger partial charge on any atom is -0.319 e. The molecule has 0 aliphatic rings. The summed E-state index contributed by atoms with van der Waals surface area (Å²) >= 11 is 0. The number of carbonyl (C=O) groups is 1. The van der Waals surface area contributed by atoms with Crippen LogP contribution in [0.5, 0.6) is 0 Å². The molecule has 4 rings (SSSR count). The fourth-order valence-corrected chi connectivity index (χ4v) is 3.09. The highest BCUT2D eigenvalue weighted by Gasteiger charge is 2.19. The van der Waals surface area contributed by atoms with Crippen LogP contribution in [0.15, 0.2) is 36.5 Å². The Morgan fingerprint density at radius 1 is 1.24 bits per heavy atom. The molecule has 1 amide bonds. The molecule has 0 saturated carbocycles. The second-order valence-corrected chi connectivity index (χ2v) is 6.47. The predicted molar refractivity (Wildman–Crippen MR) is 104 cm³/mol. The van der Waals surface area contributed by atoms with Crippen molar-refractivity contribution in [2.75, 3.05) is 5.32 Å². The highest BCUT2D eigenvalue weighted by atomic mass is 16.6. The molecule has 11 heteroatoms. The first-order valence-electron chi connectivity index (χ1n) is 8.63. The van der Waals surface area contributed by atoms with Crippen LogP contribution >= 0.6 is 0 Å². The maximum atomic E-state index is 12.7. The molecule has 11 nitrogen and oxygen atoms in total. The number of nitro groups is 1. The topological polar surface area (TPSA) is 134 Å². The fourth-order valence-electron chi connectivity index (χ4n) is 3.09. The molecular formula is C18H16N8O3. The molecule has 4 aromatic rings. The predicted octanol–water partition coefficient (Wildman–Crippen LogP) is 2.33. The van der Waals surface area contributed by atoms with Gasteiger partial charge in [-0.15, -0.1) is 5.10 Å². The Morgan fingerprint density at radius 2 is 2.03 bits per heavy atom. The Kier molecular flexibility index (Phi) is 4.26. The molecule has 0 spiro atoms. The molecule has 0 unspecified atom stereocenters. The van der Waals surface area contributed by atoms with Gasteiger partial charge < -0.3 is 5.32 Å². The number of nitro benzene ring substituents is 1. The summed E-state index contributed by atoms with van der Waals surface area (Å²) in [4.78, 5) is 27.5. The van der Waals surface area contributed by atoms with Gasteiger partial charge >= 0.3 is 0 Å². The number of aryl methyl sites for hydroxylation is 2. The fraction of sp³-hybridized carbons (Fsp3) is 0.167. The van der Waals surface area contributed by atoms with Gasteiger partial charge in [-0.3, -0.25) is 19.6 Å². The molecular weight excluding hydrogens is 376 g/mol. The van der Waals surface area contributed by atoms with E-state index in [1.807, 2.05) is 6.92 Å². The summed E-state index contributed by atoms with van der Waals surface area (Å²) in [6, 6.07) is 7.74. The Hall–Kier alpha value is -4.15. The van der Waals surface area contributed by atoms with Crippen molar-refractivity contribution in [2.45, 2.75) is 13.8 Å². The zero-order valence-corrected chi connectivity index (χ0v) is 15.8. The SMILES string of the molecule is Cc1nn(C)c2ncc(NC(=O)c3nnn(-c4cccc([N+](=O)[O-])c4)c3C)cc12. The monoisotopic (exact) mass is 392 g/mol. The van der Waals surface area contributed by atoms with Gasteiger partial charge in [0.05, 0.1) is 33.9 Å². The Bertz CT molecular complexity index is 1270. The molecule has 0 radical (unpaired) electrons. The van der Waals surface area contributed by atoms with Crippen LogP contribution in [0.2, 0.25) is 0 Å². The Morgan fingerprint density at radius 3 is 2.79 bits per heavy atom. The maximum absolute atomic E-state index is 12.7. The van der Waals surface area contributed by atoms with Crippen LogP contribution < -0.4 is 5.32 Å². The van der Waals surface area contributed by atoms with Crippen molar-refractivity contribution in [1.82, 2.24) is 29.8 Å². The first kappa shape index (κ1) is 18.2. The van der Waals surface area contributed by atoms with Gasteiger partial charge in [-0.05, 0) is 26.0 Å². The van der Waals surface area contributed by atoms with Crippen LogP contribution in [-0.4, -0.2) is 40.6 Å². The van der Waals surface area contributed by atoms with Crippen molar-refractivity contribution in [1.29, 1.82) is 0 Å². The lowest BCUT2D eigenvalue weighted by atomic mass is 10.2. The smallest absolute Gasteiger partial charge is 0.278 e. The summed E-state index contributed by atoms with van der Waals surface area (Å²) in [5, 5.41) is 26.8. The molecule has 1 aromatic carbocycles. The normalized spacial score (nSPS) is 11.0. The number of benzene rings is 1. The molecule has 29 heavy (non-hydrogen) atoms. The zero-order chi connectivity index (χ0) is 20.7. The third-order valence-corrected chi connectivity index (χ3v) is 4.52. The number of non-ortho nitro benzene ring substituents is 1. The van der Waals surface area contributed by atoms with Crippen LogP contribution in [0, 0.1) is 24.0 Å². The average Bonchev–Trinajstić information content (AvgIpc) is 3.21. The summed E-state index contributed by atoms with van der Waals surface area (Å²) < 4.78 is 3.06. The molecule has 0 fully saturated rings. The van der Waals surface area contributed by atoms with Crippen LogP contribution in [0.3, 0.4) is 0 Å². The van der Waals surface area contributed by atoms with Crippen molar-refractivity contribution >= 4 is 28.3 Å². The standard InChI is InChI=1S/C18H16N8O3/c1-10-15-7-12(9-19-17(15)24(3)22-10)20-18(27)16-11(2)25(23-21-16)13-5-4-6-14(8-13)26(28)29/h4-9H,1-3H3,(H,20,27). The Balaban J connectivity index is 1.63. The van der Waals surface area contributed by atoms with Crippen molar-refractivity contribution < 1.29 is 9.72 Å². The summed E-state index contributed by atoms with van der Waals surface area (Å²) in [5.74, 6) is -0.457. The lowest BCUT2D eigenvalue weighted by molar-refractivity contribution is -0.384. The Labute approximate surface area is 164 Å². The minimum atomic E-state index is -0.493. The first-order valence-corrected chi connectivity index (χ1v) is 8.63. The number of anilines is 1. The van der Waals surface area contributed by atoms with Gasteiger partial charge in [-0.2, -0.15) is 5.10 Å². The van der Waals surface area contributed by atoms with E-state index in [4.69, 9.17) is 0 Å². The van der Waals surface area contributed by atoms with Gasteiger partial charge in [0.25, 0.3) is 11.6 Å². The van der Waals surface area contributed by atoms with E-state index in [1.165, 1.54) is 16.8 Å². The molecule has 146 valence electrons. The summed E-state index contributed by atoms with van der Waals surface area (Å²) in [6.07, 6.45) is 1.54. The zero-order valence-electron chi connectivity index (χ0n) is 15.8. The quantitative estimate of drug-likeness (QED) is 0.416. The number of carbonyl (C=O) groups excluding carboxylic acids is 1. The van der Waals surface area contributed by atoms with E-state index in [0.717, 1.165) is 11.1 Å². The van der Waals surface area contributed by atoms with E-state index < -0.39 is 10.8 Å². The number of rotatable bonds is 4. The number of aromatic nitrogens is 6. The van der Waals surface area contributed by atoms with Crippen molar-refractivity contribution in [3.8, 4) is 5.69 Å². The van der Waals surface area contributed by atoms with Crippen LogP contribution in [0.1, 0.15) is 21.9 Å². The van der Waals surface area contributed by atoms with Crippen LogP contribution in [0.4, 0.5) is 11.4 Å². The highest BCUT2D eigenvalue weighted by Crippen LogP contribution is 2.21. The van der Waals surface area contributed by atoms with Crippen molar-refractivity contribution in [3.63, 3.8) is 0 Å². The van der Waals surface area contributed by atoms with Crippen LogP contribution in [0.25, 0.3) is 16.7 Å². The molecule has 0 bridgehead atoms. The third-order valence-electron chi connectivity index (χ3n) is 4.52. The van der Waals surface area contributed by atoms with Gasteiger partial charge in [0, 0.05) is 24.6 Å². The second kappa shape index (κ2) is 6.78. The largest absolute Gasteiger partial charge is 0.319 e. The minimum absolute atomic E-state index is 0.0744. The number of nitrogens with one attached hydrogen (secondary N) is 1. The van der Waals surface area contributed by atoms with Crippen LogP contribution in [-0.2, 0) is 7.05 Å². The number of hydrogen-bond acceptors (Lipinski definition) is 7. The summed E-state index contributed by atoms with van der Waals surface area (Å²) in [7, 11) is 1.80. The summed E-state index contributed by atoms with van der Waals surface area (Å²) in [6.45, 7) is 3.53. The number of pyridine rings is 1. The molecule has 0 atom stereocenters. The van der Waals surface area contributed by atoms with E-state index in [-0.39, 0.29) is 11.4 Å². The molecule has 3 aromatic heterocycles. The lowest BCUT2D eigenvalue weighted by Crippen LogP contribution is -2.14. The van der Waals surface area contributed by atoms with E-state index in [9.17, 15) is 14.9 Å². The van der Waals surface area contributed by atoms with Gasteiger partial charge in [0.2, 0.25) is 0 Å². The third kappa shape index (κ3) is 3.18. The molecule has 1 N–H and O–H groups in total. The molecule has 3 heterocycles. The van der Waals surface area contributed by atoms with E-state index >= 15 is 0 Å². The van der Waals surface area contributed by atoms with E-state index in [2.05, 4.69) is 25.7 Å². The maximum Gasteiger partial charge on any atom is 0.278 e. The van der Waals surface area contributed by atoms with Gasteiger partial charge in [0.15, 0.2) is 11.3 Å². The molecule has 0 saturated heterocycles. The summed E-state index contributed by atoms with van der Waals surface area (Å²) in [5.41, 5.74) is 2.95. The number of nitrogens with zero attached hydrogens (tertiary/aromatic N) is 7. The average molecular weight is 392 g/mol. The van der Waals surface area contributed by atoms with E-state index in [0.29, 0.717) is 22.7 Å². The highest BCUT2D eigenvalue weighted by molar-refractivity contribution is 6.04. The second-order valence-electron chi connectivity index (χ2n) is 6.47. The van der Waals surface area contributed by atoms with Crippen molar-refractivity contribution in [3.05, 3.63) is 63.7 Å². The van der Waals surface area contributed by atoms with Gasteiger partial charge in [-0.1, -0.05) is 11.3 Å². The number of amides is 1. The first-order chi connectivity index (χ1) is 13.8. The number of fused-ring (bicyclic) bond motifs is 1.